The van der Waals surface area contributed by atoms with Gasteiger partial charge in [0.15, 0.2) is 5.89 Å². The summed E-state index contributed by atoms with van der Waals surface area (Å²) >= 11 is 0. The van der Waals surface area contributed by atoms with Gasteiger partial charge in [-0.1, -0.05) is 42.5 Å². The minimum atomic E-state index is 0.0125. The Hall–Kier alpha value is -3.93. The van der Waals surface area contributed by atoms with Crippen molar-refractivity contribution >= 4 is 5.91 Å². The van der Waals surface area contributed by atoms with Crippen molar-refractivity contribution in [2.45, 2.75) is 31.6 Å². The molecule has 1 amide bonds. The molecule has 3 heterocycles. The van der Waals surface area contributed by atoms with Crippen molar-refractivity contribution < 1.29 is 13.9 Å². The van der Waals surface area contributed by atoms with Gasteiger partial charge in [0.25, 0.3) is 5.91 Å². The predicted octanol–water partition coefficient (Wildman–Crippen LogP) is 5.28. The Kier molecular flexibility index (Phi) is 6.89. The molecule has 1 atom stereocenters. The quantitative estimate of drug-likeness (QED) is 0.370. The van der Waals surface area contributed by atoms with Gasteiger partial charge in [0.1, 0.15) is 11.5 Å². The number of hydrogen-bond donors (Lipinski definition) is 0. The molecule has 0 spiro atoms. The SMILES string of the molecule is COc1ccc(Cc2cnc([C@H]3CCCN(C(=O)c4ccc(Cc5ccccc5)nc4)C3)o2)cc1. The van der Waals surface area contributed by atoms with Crippen LogP contribution in [0.2, 0.25) is 0 Å². The number of amides is 1. The molecule has 0 bridgehead atoms. The maximum atomic E-state index is 13.2. The fourth-order valence-electron chi connectivity index (χ4n) is 4.54. The number of piperidine rings is 1. The van der Waals surface area contributed by atoms with Gasteiger partial charge in [-0.2, -0.15) is 0 Å². The third-order valence-electron chi connectivity index (χ3n) is 6.47. The topological polar surface area (TPSA) is 68.5 Å². The van der Waals surface area contributed by atoms with Gasteiger partial charge in [-0.3, -0.25) is 9.78 Å². The van der Waals surface area contributed by atoms with Crippen LogP contribution < -0.4 is 4.74 Å². The lowest BCUT2D eigenvalue weighted by molar-refractivity contribution is 0.0697. The van der Waals surface area contributed by atoms with Gasteiger partial charge in [-0.15, -0.1) is 0 Å². The molecule has 6 nitrogen and oxygen atoms in total. The Morgan fingerprint density at radius 2 is 1.77 bits per heavy atom. The number of aromatic nitrogens is 2. The monoisotopic (exact) mass is 467 g/mol. The van der Waals surface area contributed by atoms with Crippen molar-refractivity contribution in [3.8, 4) is 5.75 Å². The van der Waals surface area contributed by atoms with Gasteiger partial charge in [0.05, 0.1) is 24.8 Å². The summed E-state index contributed by atoms with van der Waals surface area (Å²) in [6.07, 6.45) is 6.81. The Balaban J connectivity index is 1.20. The van der Waals surface area contributed by atoms with Crippen LogP contribution in [0, 0.1) is 0 Å². The van der Waals surface area contributed by atoms with Crippen LogP contribution in [0.25, 0.3) is 0 Å². The zero-order valence-corrected chi connectivity index (χ0v) is 19.9. The van der Waals surface area contributed by atoms with E-state index in [1.165, 1.54) is 5.56 Å². The molecule has 1 fully saturated rings. The van der Waals surface area contributed by atoms with Crippen LogP contribution in [0.5, 0.6) is 5.75 Å². The number of carbonyl (C=O) groups is 1. The molecule has 0 unspecified atom stereocenters. The molecule has 0 N–H and O–H groups in total. The highest BCUT2D eigenvalue weighted by Gasteiger charge is 2.28. The molecular weight excluding hydrogens is 438 g/mol. The van der Waals surface area contributed by atoms with Gasteiger partial charge in [-0.05, 0) is 48.2 Å². The van der Waals surface area contributed by atoms with Crippen LogP contribution in [0.4, 0.5) is 0 Å². The van der Waals surface area contributed by atoms with Crippen LogP contribution >= 0.6 is 0 Å². The third kappa shape index (κ3) is 5.60. The number of benzene rings is 2. The maximum absolute atomic E-state index is 13.2. The van der Waals surface area contributed by atoms with E-state index in [-0.39, 0.29) is 11.8 Å². The zero-order chi connectivity index (χ0) is 24.0. The average Bonchev–Trinajstić information content (AvgIpc) is 3.38. The first kappa shape index (κ1) is 22.8. The maximum Gasteiger partial charge on any atom is 0.255 e. The van der Waals surface area contributed by atoms with E-state index in [1.54, 1.807) is 19.5 Å². The molecule has 2 aromatic carbocycles. The number of hydrogen-bond acceptors (Lipinski definition) is 5. The standard InChI is InChI=1S/C29H29N3O3/c1-34-26-13-9-22(10-14-26)17-27-19-31-28(35-27)24-8-5-15-32(20-24)29(33)23-11-12-25(30-18-23)16-21-6-3-2-4-7-21/h2-4,6-7,9-14,18-19,24H,5,8,15-17,20H2,1H3/t24-/m0/s1. The first-order valence-electron chi connectivity index (χ1n) is 12.0. The van der Waals surface area contributed by atoms with E-state index in [1.807, 2.05) is 59.5 Å². The molecule has 4 aromatic rings. The molecule has 178 valence electrons. The summed E-state index contributed by atoms with van der Waals surface area (Å²) in [5.74, 6) is 2.48. The second kappa shape index (κ2) is 10.6. The summed E-state index contributed by atoms with van der Waals surface area (Å²) in [5, 5.41) is 0. The van der Waals surface area contributed by atoms with Crippen molar-refractivity contribution in [3.63, 3.8) is 0 Å². The van der Waals surface area contributed by atoms with Crippen molar-refractivity contribution in [2.24, 2.45) is 0 Å². The van der Waals surface area contributed by atoms with Crippen molar-refractivity contribution in [1.29, 1.82) is 0 Å². The lowest BCUT2D eigenvalue weighted by atomic mass is 9.97. The fraction of sp³-hybridized carbons (Fsp3) is 0.276. The molecule has 0 radical (unpaired) electrons. The Bertz CT molecular complexity index is 1250. The van der Waals surface area contributed by atoms with E-state index < -0.39 is 0 Å². The second-order valence-electron chi connectivity index (χ2n) is 8.98. The van der Waals surface area contributed by atoms with Gasteiger partial charge in [-0.25, -0.2) is 4.98 Å². The average molecular weight is 468 g/mol. The van der Waals surface area contributed by atoms with E-state index in [0.717, 1.165) is 48.6 Å². The largest absolute Gasteiger partial charge is 0.497 e. The first-order chi connectivity index (χ1) is 17.2. The van der Waals surface area contributed by atoms with E-state index in [0.29, 0.717) is 24.4 Å². The number of methoxy groups -OCH3 is 1. The second-order valence-corrected chi connectivity index (χ2v) is 8.98. The molecule has 1 aliphatic rings. The highest BCUT2D eigenvalue weighted by atomic mass is 16.5. The first-order valence-corrected chi connectivity index (χ1v) is 12.0. The van der Waals surface area contributed by atoms with Gasteiger partial charge < -0.3 is 14.1 Å². The summed E-state index contributed by atoms with van der Waals surface area (Å²) < 4.78 is 11.3. The van der Waals surface area contributed by atoms with Crippen molar-refractivity contribution in [3.05, 3.63) is 113 Å². The molecule has 1 aliphatic heterocycles. The smallest absolute Gasteiger partial charge is 0.255 e. The van der Waals surface area contributed by atoms with Crippen LogP contribution in [0.1, 0.15) is 57.6 Å². The predicted molar refractivity (Wildman–Crippen MR) is 134 cm³/mol. The van der Waals surface area contributed by atoms with E-state index in [2.05, 4.69) is 22.1 Å². The van der Waals surface area contributed by atoms with Crippen molar-refractivity contribution in [1.82, 2.24) is 14.9 Å². The minimum absolute atomic E-state index is 0.0125. The third-order valence-corrected chi connectivity index (χ3v) is 6.47. The van der Waals surface area contributed by atoms with Gasteiger partial charge in [0, 0.05) is 37.8 Å². The number of likely N-dealkylation sites (tertiary alicyclic amines) is 1. The molecule has 1 saturated heterocycles. The highest BCUT2D eigenvalue weighted by Crippen LogP contribution is 2.28. The van der Waals surface area contributed by atoms with Crippen LogP contribution in [0.3, 0.4) is 0 Å². The summed E-state index contributed by atoms with van der Waals surface area (Å²) in [6, 6.07) is 22.0. The van der Waals surface area contributed by atoms with E-state index >= 15 is 0 Å². The Morgan fingerprint density at radius 1 is 0.971 bits per heavy atom. The van der Waals surface area contributed by atoms with Crippen LogP contribution in [-0.4, -0.2) is 41.0 Å². The van der Waals surface area contributed by atoms with Crippen LogP contribution in [-0.2, 0) is 12.8 Å². The van der Waals surface area contributed by atoms with Gasteiger partial charge >= 0.3 is 0 Å². The number of oxazole rings is 1. The fourth-order valence-corrected chi connectivity index (χ4v) is 4.54. The number of carbonyl (C=O) groups excluding carboxylic acids is 1. The minimum Gasteiger partial charge on any atom is -0.497 e. The molecule has 5 rings (SSSR count). The summed E-state index contributed by atoms with van der Waals surface area (Å²) in [5.41, 5.74) is 3.91. The Morgan fingerprint density at radius 3 is 2.51 bits per heavy atom. The zero-order valence-electron chi connectivity index (χ0n) is 19.9. The normalized spacial score (nSPS) is 15.7. The molecule has 6 heteroatoms. The van der Waals surface area contributed by atoms with Crippen LogP contribution in [0.15, 0.2) is 83.5 Å². The number of pyridine rings is 1. The van der Waals surface area contributed by atoms with E-state index in [9.17, 15) is 4.79 Å². The summed E-state index contributed by atoms with van der Waals surface area (Å²) in [6.45, 7) is 1.34. The molecule has 0 aliphatic carbocycles. The summed E-state index contributed by atoms with van der Waals surface area (Å²) in [7, 11) is 1.66. The molecular formula is C29H29N3O3. The van der Waals surface area contributed by atoms with E-state index in [4.69, 9.17) is 9.15 Å². The summed E-state index contributed by atoms with van der Waals surface area (Å²) in [4.78, 5) is 24.1. The molecule has 35 heavy (non-hydrogen) atoms. The lowest BCUT2D eigenvalue weighted by Gasteiger charge is -2.31. The lowest BCUT2D eigenvalue weighted by Crippen LogP contribution is -2.39. The number of ether oxygens (including phenoxy) is 1. The Labute approximate surface area is 205 Å². The highest BCUT2D eigenvalue weighted by molar-refractivity contribution is 5.94. The van der Waals surface area contributed by atoms with Gasteiger partial charge in [0.2, 0.25) is 0 Å². The number of rotatable bonds is 7. The van der Waals surface area contributed by atoms with Crippen molar-refractivity contribution in [2.75, 3.05) is 20.2 Å². The molecule has 0 saturated carbocycles. The molecule has 2 aromatic heterocycles. The number of nitrogens with zero attached hydrogens (tertiary/aromatic N) is 3.